The summed E-state index contributed by atoms with van der Waals surface area (Å²) in [5, 5.41) is 1.71. The molecule has 1 aromatic carbocycles. The number of nitrogens with zero attached hydrogens (tertiary/aromatic N) is 1. The summed E-state index contributed by atoms with van der Waals surface area (Å²) < 4.78 is 33.2. The SMILES string of the molecule is Cc1ccccc1COc1cccnc1NS(=O)(=O)c1cccs1. The third kappa shape index (κ3) is 3.74. The van der Waals surface area contributed by atoms with E-state index in [-0.39, 0.29) is 10.0 Å². The van der Waals surface area contributed by atoms with Gasteiger partial charge in [-0.3, -0.25) is 4.72 Å². The summed E-state index contributed by atoms with van der Waals surface area (Å²) in [5.74, 6) is 0.570. The monoisotopic (exact) mass is 360 g/mol. The molecule has 7 heteroatoms. The van der Waals surface area contributed by atoms with Crippen LogP contribution in [0.15, 0.2) is 64.3 Å². The molecule has 0 unspecified atom stereocenters. The van der Waals surface area contributed by atoms with Crippen LogP contribution in [0.25, 0.3) is 0 Å². The molecule has 3 aromatic rings. The fraction of sp³-hybridized carbons (Fsp3) is 0.118. The molecule has 124 valence electrons. The molecular formula is C17H16N2O3S2. The van der Waals surface area contributed by atoms with Crippen molar-refractivity contribution >= 4 is 27.2 Å². The molecule has 2 aromatic heterocycles. The number of thiophene rings is 1. The van der Waals surface area contributed by atoms with Crippen LogP contribution in [0.5, 0.6) is 5.75 Å². The number of hydrogen-bond acceptors (Lipinski definition) is 5. The standard InChI is InChI=1S/C17H16N2O3S2/c1-13-6-2-3-7-14(13)12-22-15-8-4-10-18-17(15)19-24(20,21)16-9-5-11-23-16/h2-11H,12H2,1H3,(H,18,19). The largest absolute Gasteiger partial charge is 0.485 e. The van der Waals surface area contributed by atoms with E-state index >= 15 is 0 Å². The van der Waals surface area contributed by atoms with E-state index < -0.39 is 10.0 Å². The van der Waals surface area contributed by atoms with E-state index in [4.69, 9.17) is 4.74 Å². The Morgan fingerprint density at radius 2 is 1.96 bits per heavy atom. The molecule has 3 rings (SSSR count). The van der Waals surface area contributed by atoms with Gasteiger partial charge in [0.1, 0.15) is 10.8 Å². The summed E-state index contributed by atoms with van der Waals surface area (Å²) in [7, 11) is -3.66. The summed E-state index contributed by atoms with van der Waals surface area (Å²) in [6, 6.07) is 14.5. The van der Waals surface area contributed by atoms with Gasteiger partial charge in [0.2, 0.25) is 0 Å². The summed E-state index contributed by atoms with van der Waals surface area (Å²) in [6.07, 6.45) is 1.52. The molecule has 0 aliphatic heterocycles. The Hall–Kier alpha value is -2.38. The lowest BCUT2D eigenvalue weighted by Gasteiger charge is -2.13. The van der Waals surface area contributed by atoms with Gasteiger partial charge in [0.15, 0.2) is 11.6 Å². The maximum atomic E-state index is 12.3. The first-order valence-corrected chi connectivity index (χ1v) is 9.61. The fourth-order valence-electron chi connectivity index (χ4n) is 2.11. The van der Waals surface area contributed by atoms with E-state index in [1.165, 1.54) is 6.20 Å². The van der Waals surface area contributed by atoms with Gasteiger partial charge in [-0.1, -0.05) is 30.3 Å². The lowest BCUT2D eigenvalue weighted by atomic mass is 10.1. The van der Waals surface area contributed by atoms with Crippen molar-refractivity contribution in [3.8, 4) is 5.75 Å². The summed E-state index contributed by atoms with van der Waals surface area (Å²) >= 11 is 1.15. The van der Waals surface area contributed by atoms with Gasteiger partial charge in [0.25, 0.3) is 10.0 Å². The van der Waals surface area contributed by atoms with Gasteiger partial charge in [-0.2, -0.15) is 0 Å². The normalized spacial score (nSPS) is 11.2. The minimum atomic E-state index is -3.66. The number of anilines is 1. The average Bonchev–Trinajstić information content (AvgIpc) is 3.10. The summed E-state index contributed by atoms with van der Waals surface area (Å²) in [4.78, 5) is 4.10. The molecule has 0 atom stereocenters. The number of ether oxygens (including phenoxy) is 1. The highest BCUT2D eigenvalue weighted by Gasteiger charge is 2.18. The number of benzene rings is 1. The van der Waals surface area contributed by atoms with Crippen LogP contribution < -0.4 is 9.46 Å². The number of aryl methyl sites for hydroxylation is 1. The van der Waals surface area contributed by atoms with Crippen LogP contribution in [0, 0.1) is 6.92 Å². The highest BCUT2D eigenvalue weighted by Crippen LogP contribution is 2.26. The van der Waals surface area contributed by atoms with Crippen LogP contribution in [-0.2, 0) is 16.6 Å². The van der Waals surface area contributed by atoms with Gasteiger partial charge in [0, 0.05) is 6.20 Å². The Labute approximate surface area is 145 Å². The van der Waals surface area contributed by atoms with Gasteiger partial charge in [-0.25, -0.2) is 13.4 Å². The Morgan fingerprint density at radius 1 is 1.12 bits per heavy atom. The molecule has 0 spiro atoms. The van der Waals surface area contributed by atoms with Gasteiger partial charge >= 0.3 is 0 Å². The molecule has 0 saturated carbocycles. The highest BCUT2D eigenvalue weighted by atomic mass is 32.2. The summed E-state index contributed by atoms with van der Waals surface area (Å²) in [6.45, 7) is 2.34. The smallest absolute Gasteiger partial charge is 0.272 e. The molecule has 0 radical (unpaired) electrons. The molecule has 1 N–H and O–H groups in total. The topological polar surface area (TPSA) is 68.3 Å². The molecule has 0 aliphatic rings. The zero-order valence-corrected chi connectivity index (χ0v) is 14.6. The minimum Gasteiger partial charge on any atom is -0.485 e. The van der Waals surface area contributed by atoms with Crippen LogP contribution in [0.3, 0.4) is 0 Å². The van der Waals surface area contributed by atoms with Crippen molar-refractivity contribution in [3.63, 3.8) is 0 Å². The Morgan fingerprint density at radius 3 is 2.71 bits per heavy atom. The zero-order valence-electron chi connectivity index (χ0n) is 13.0. The number of hydrogen-bond donors (Lipinski definition) is 1. The molecule has 24 heavy (non-hydrogen) atoms. The van der Waals surface area contributed by atoms with E-state index in [9.17, 15) is 8.42 Å². The van der Waals surface area contributed by atoms with E-state index in [0.717, 1.165) is 22.5 Å². The molecular weight excluding hydrogens is 344 g/mol. The van der Waals surface area contributed by atoms with Gasteiger partial charge < -0.3 is 4.74 Å². The molecule has 0 fully saturated rings. The van der Waals surface area contributed by atoms with Gasteiger partial charge in [0.05, 0.1) is 0 Å². The van der Waals surface area contributed by atoms with Crippen molar-refractivity contribution in [2.75, 3.05) is 4.72 Å². The number of aromatic nitrogens is 1. The second-order valence-corrected chi connectivity index (χ2v) is 7.96. The lowest BCUT2D eigenvalue weighted by molar-refractivity contribution is 0.306. The molecule has 0 amide bonds. The second kappa shape index (κ2) is 7.02. The third-order valence-corrected chi connectivity index (χ3v) is 6.14. The lowest BCUT2D eigenvalue weighted by Crippen LogP contribution is -2.13. The van der Waals surface area contributed by atoms with E-state index in [1.807, 2.05) is 31.2 Å². The quantitative estimate of drug-likeness (QED) is 0.725. The number of nitrogens with one attached hydrogen (secondary N) is 1. The van der Waals surface area contributed by atoms with Crippen LogP contribution >= 0.6 is 11.3 Å². The fourth-order valence-corrected chi connectivity index (χ4v) is 4.12. The maximum absolute atomic E-state index is 12.3. The van der Waals surface area contributed by atoms with Crippen LogP contribution in [-0.4, -0.2) is 13.4 Å². The Kier molecular flexibility index (Phi) is 4.82. The second-order valence-electron chi connectivity index (χ2n) is 5.10. The minimum absolute atomic E-state index is 0.180. The molecule has 0 bridgehead atoms. The Balaban J connectivity index is 1.80. The van der Waals surface area contributed by atoms with E-state index in [0.29, 0.717) is 12.4 Å². The maximum Gasteiger partial charge on any atom is 0.272 e. The van der Waals surface area contributed by atoms with Crippen molar-refractivity contribution in [2.24, 2.45) is 0 Å². The molecule has 5 nitrogen and oxygen atoms in total. The van der Waals surface area contributed by atoms with Gasteiger partial charge in [-0.05, 0) is 41.6 Å². The predicted octanol–water partition coefficient (Wildman–Crippen LogP) is 3.83. The van der Waals surface area contributed by atoms with Gasteiger partial charge in [-0.15, -0.1) is 11.3 Å². The first-order chi connectivity index (χ1) is 11.6. The van der Waals surface area contributed by atoms with E-state index in [2.05, 4.69) is 9.71 Å². The van der Waals surface area contributed by atoms with Crippen molar-refractivity contribution in [1.29, 1.82) is 0 Å². The zero-order chi connectivity index (χ0) is 17.0. The van der Waals surface area contributed by atoms with Crippen LogP contribution in [0.2, 0.25) is 0 Å². The average molecular weight is 360 g/mol. The van der Waals surface area contributed by atoms with E-state index in [1.54, 1.807) is 29.6 Å². The summed E-state index contributed by atoms with van der Waals surface area (Å²) in [5.41, 5.74) is 2.15. The Bertz CT molecular complexity index is 923. The van der Waals surface area contributed by atoms with Crippen molar-refractivity contribution < 1.29 is 13.2 Å². The number of pyridine rings is 1. The van der Waals surface area contributed by atoms with Crippen LogP contribution in [0.1, 0.15) is 11.1 Å². The van der Waals surface area contributed by atoms with Crippen molar-refractivity contribution in [3.05, 3.63) is 71.2 Å². The van der Waals surface area contributed by atoms with Crippen molar-refractivity contribution in [2.45, 2.75) is 17.7 Å². The number of sulfonamides is 1. The first kappa shape index (κ1) is 16.5. The number of rotatable bonds is 6. The first-order valence-electron chi connectivity index (χ1n) is 7.25. The highest BCUT2D eigenvalue weighted by molar-refractivity contribution is 7.94. The predicted molar refractivity (Wildman–Crippen MR) is 94.9 cm³/mol. The van der Waals surface area contributed by atoms with Crippen LogP contribution in [0.4, 0.5) is 5.82 Å². The molecule has 0 saturated heterocycles. The molecule has 2 heterocycles. The molecule has 0 aliphatic carbocycles. The third-order valence-electron chi connectivity index (χ3n) is 3.41. The van der Waals surface area contributed by atoms with Crippen molar-refractivity contribution in [1.82, 2.24) is 4.98 Å².